The molecule has 0 fully saturated rings. The fourth-order valence-corrected chi connectivity index (χ4v) is 2.76. The van der Waals surface area contributed by atoms with Crippen LogP contribution in [0.4, 0.5) is 10.1 Å². The average Bonchev–Trinajstić information content (AvgIpc) is 2.69. The summed E-state index contributed by atoms with van der Waals surface area (Å²) in [5.41, 5.74) is 2.24. The lowest BCUT2D eigenvalue weighted by atomic mass is 10.1. The monoisotopic (exact) mass is 383 g/mol. The van der Waals surface area contributed by atoms with Crippen molar-refractivity contribution in [2.45, 2.75) is 19.8 Å². The molecule has 146 valence electrons. The van der Waals surface area contributed by atoms with Gasteiger partial charge in [-0.25, -0.2) is 9.37 Å². The van der Waals surface area contributed by atoms with Gasteiger partial charge < -0.3 is 14.8 Å². The van der Waals surface area contributed by atoms with Gasteiger partial charge in [-0.15, -0.1) is 0 Å². The molecule has 2 heterocycles. The summed E-state index contributed by atoms with van der Waals surface area (Å²) in [6.45, 7) is 2.78. The van der Waals surface area contributed by atoms with Crippen LogP contribution in [0.15, 0.2) is 42.6 Å². The summed E-state index contributed by atoms with van der Waals surface area (Å²) >= 11 is 0. The number of aryl methyl sites for hydroxylation is 1. The van der Waals surface area contributed by atoms with Crippen molar-refractivity contribution in [3.05, 3.63) is 59.7 Å². The number of fused-ring (bicyclic) bond motifs is 1. The van der Waals surface area contributed by atoms with Crippen molar-refractivity contribution in [1.82, 2.24) is 9.97 Å². The molecule has 0 radical (unpaired) electrons. The molecule has 6 nitrogen and oxygen atoms in total. The van der Waals surface area contributed by atoms with Crippen LogP contribution in [0.5, 0.6) is 5.75 Å². The van der Waals surface area contributed by atoms with E-state index in [1.807, 2.05) is 0 Å². The van der Waals surface area contributed by atoms with Gasteiger partial charge in [-0.2, -0.15) is 0 Å². The Labute approximate surface area is 162 Å². The number of nitrogens with zero attached hydrogens (tertiary/aromatic N) is 2. The van der Waals surface area contributed by atoms with Crippen molar-refractivity contribution in [1.29, 1.82) is 0 Å². The summed E-state index contributed by atoms with van der Waals surface area (Å²) in [6.07, 6.45) is 3.24. The van der Waals surface area contributed by atoms with E-state index < -0.39 is 11.7 Å². The van der Waals surface area contributed by atoms with Crippen LogP contribution >= 0.6 is 0 Å². The van der Waals surface area contributed by atoms with Crippen molar-refractivity contribution >= 4 is 22.6 Å². The number of hydrogen-bond acceptors (Lipinski definition) is 5. The first-order valence-corrected chi connectivity index (χ1v) is 9.04. The highest BCUT2D eigenvalue weighted by Crippen LogP contribution is 2.25. The van der Waals surface area contributed by atoms with E-state index in [1.54, 1.807) is 44.5 Å². The van der Waals surface area contributed by atoms with Crippen molar-refractivity contribution in [2.75, 3.05) is 25.6 Å². The first kappa shape index (κ1) is 19.7. The third kappa shape index (κ3) is 4.61. The van der Waals surface area contributed by atoms with Gasteiger partial charge in [0.05, 0.1) is 23.3 Å². The molecule has 7 heteroatoms. The summed E-state index contributed by atoms with van der Waals surface area (Å²) in [4.78, 5) is 21.2. The molecule has 1 amide bonds. The van der Waals surface area contributed by atoms with Crippen molar-refractivity contribution in [2.24, 2.45) is 0 Å². The van der Waals surface area contributed by atoms with E-state index in [1.165, 1.54) is 12.1 Å². The minimum absolute atomic E-state index is 0.0480. The minimum atomic E-state index is -0.609. The molecule has 2 aromatic heterocycles. The smallest absolute Gasteiger partial charge is 0.274 e. The SMILES string of the molecule is COCCCCOc1cccc(NC(=O)c2nc3cccnc3cc2C)c1F. The zero-order chi connectivity index (χ0) is 19.9. The molecular weight excluding hydrogens is 361 g/mol. The predicted octanol–water partition coefficient (Wildman–Crippen LogP) is 4.14. The normalized spacial score (nSPS) is 10.8. The van der Waals surface area contributed by atoms with E-state index in [9.17, 15) is 9.18 Å². The number of carbonyl (C=O) groups is 1. The van der Waals surface area contributed by atoms with Crippen molar-refractivity contribution in [3.63, 3.8) is 0 Å². The molecule has 0 saturated heterocycles. The van der Waals surface area contributed by atoms with Gasteiger partial charge in [0.15, 0.2) is 11.6 Å². The molecule has 0 bridgehead atoms. The molecule has 0 aliphatic rings. The Morgan fingerprint density at radius 2 is 1.96 bits per heavy atom. The number of carbonyl (C=O) groups excluding carboxylic acids is 1. The van der Waals surface area contributed by atoms with E-state index in [-0.39, 0.29) is 17.1 Å². The van der Waals surface area contributed by atoms with Crippen molar-refractivity contribution < 1.29 is 18.7 Å². The fraction of sp³-hybridized carbons (Fsp3) is 0.286. The number of ether oxygens (including phenoxy) is 2. The molecular formula is C21H22FN3O3. The minimum Gasteiger partial charge on any atom is -0.490 e. The number of pyridine rings is 2. The Hall–Kier alpha value is -3.06. The summed E-state index contributed by atoms with van der Waals surface area (Å²) in [5, 5.41) is 2.59. The molecule has 0 unspecified atom stereocenters. The van der Waals surface area contributed by atoms with Gasteiger partial charge in [0, 0.05) is 19.9 Å². The quantitative estimate of drug-likeness (QED) is 0.592. The lowest BCUT2D eigenvalue weighted by molar-refractivity contribution is 0.102. The third-order valence-corrected chi connectivity index (χ3v) is 4.20. The third-order valence-electron chi connectivity index (χ3n) is 4.20. The zero-order valence-electron chi connectivity index (χ0n) is 15.9. The molecule has 0 saturated carbocycles. The Kier molecular flexibility index (Phi) is 6.49. The van der Waals surface area contributed by atoms with Crippen LogP contribution in [0, 0.1) is 12.7 Å². The van der Waals surface area contributed by atoms with Crippen LogP contribution in [0.25, 0.3) is 11.0 Å². The van der Waals surface area contributed by atoms with Crippen molar-refractivity contribution in [3.8, 4) is 5.75 Å². The van der Waals surface area contributed by atoms with Gasteiger partial charge in [0.2, 0.25) is 0 Å². The summed E-state index contributed by atoms with van der Waals surface area (Å²) < 4.78 is 25.1. The second-order valence-corrected chi connectivity index (χ2v) is 6.32. The lowest BCUT2D eigenvalue weighted by Gasteiger charge is -2.12. The van der Waals surface area contributed by atoms with Crippen LogP contribution < -0.4 is 10.1 Å². The molecule has 1 N–H and O–H groups in total. The second kappa shape index (κ2) is 9.23. The number of benzene rings is 1. The van der Waals surface area contributed by atoms with Gasteiger partial charge in [-0.3, -0.25) is 9.78 Å². The summed E-state index contributed by atoms with van der Waals surface area (Å²) in [7, 11) is 1.63. The van der Waals surface area contributed by atoms with E-state index in [4.69, 9.17) is 9.47 Å². The number of unbranched alkanes of at least 4 members (excludes halogenated alkanes) is 1. The first-order valence-electron chi connectivity index (χ1n) is 9.04. The Balaban J connectivity index is 1.73. The molecule has 1 aromatic carbocycles. The number of anilines is 1. The van der Waals surface area contributed by atoms with E-state index in [2.05, 4.69) is 15.3 Å². The predicted molar refractivity (Wildman–Crippen MR) is 105 cm³/mol. The van der Waals surface area contributed by atoms with Crippen LogP contribution in [-0.4, -0.2) is 36.2 Å². The Morgan fingerprint density at radius 1 is 1.14 bits per heavy atom. The molecule has 3 rings (SSSR count). The first-order chi connectivity index (χ1) is 13.6. The molecule has 0 spiro atoms. The van der Waals surface area contributed by atoms with Gasteiger partial charge >= 0.3 is 0 Å². The second-order valence-electron chi connectivity index (χ2n) is 6.32. The van der Waals surface area contributed by atoms with Gasteiger partial charge in [0.1, 0.15) is 5.69 Å². The average molecular weight is 383 g/mol. The molecule has 0 aliphatic heterocycles. The highest BCUT2D eigenvalue weighted by molar-refractivity contribution is 6.05. The van der Waals surface area contributed by atoms with Crippen LogP contribution in [-0.2, 0) is 4.74 Å². The van der Waals surface area contributed by atoms with E-state index in [0.29, 0.717) is 29.8 Å². The number of rotatable bonds is 8. The van der Waals surface area contributed by atoms with Crippen LogP contribution in [0.2, 0.25) is 0 Å². The van der Waals surface area contributed by atoms with Gasteiger partial charge in [0.25, 0.3) is 5.91 Å². The number of halogens is 1. The van der Waals surface area contributed by atoms with Gasteiger partial charge in [-0.1, -0.05) is 6.07 Å². The van der Waals surface area contributed by atoms with Gasteiger partial charge in [-0.05, 0) is 55.7 Å². The molecule has 0 aliphatic carbocycles. The topological polar surface area (TPSA) is 73.3 Å². The largest absolute Gasteiger partial charge is 0.490 e. The number of hydrogen-bond donors (Lipinski definition) is 1. The standard InChI is InChI=1S/C21H22FN3O3/c1-14-13-17-15(8-6-10-23-17)24-20(14)21(26)25-16-7-5-9-18(19(16)22)28-12-4-3-11-27-2/h5-10,13H,3-4,11-12H2,1-2H3,(H,25,26). The maximum atomic E-state index is 14.7. The highest BCUT2D eigenvalue weighted by Gasteiger charge is 2.16. The number of methoxy groups -OCH3 is 1. The Bertz CT molecular complexity index is 978. The number of nitrogens with one attached hydrogen (secondary N) is 1. The highest BCUT2D eigenvalue weighted by atomic mass is 19.1. The number of aromatic nitrogens is 2. The van der Waals surface area contributed by atoms with Crippen LogP contribution in [0.3, 0.4) is 0 Å². The maximum absolute atomic E-state index is 14.7. The van der Waals surface area contributed by atoms with Crippen LogP contribution in [0.1, 0.15) is 28.9 Å². The summed E-state index contributed by atoms with van der Waals surface area (Å²) in [6, 6.07) is 9.97. The number of amides is 1. The summed E-state index contributed by atoms with van der Waals surface area (Å²) in [5.74, 6) is -0.996. The maximum Gasteiger partial charge on any atom is 0.274 e. The lowest BCUT2D eigenvalue weighted by Crippen LogP contribution is -2.16. The van der Waals surface area contributed by atoms with E-state index >= 15 is 0 Å². The fourth-order valence-electron chi connectivity index (χ4n) is 2.76. The molecule has 0 atom stereocenters. The molecule has 28 heavy (non-hydrogen) atoms. The zero-order valence-corrected chi connectivity index (χ0v) is 15.9. The molecule has 3 aromatic rings. The Morgan fingerprint density at radius 3 is 2.79 bits per heavy atom. The van der Waals surface area contributed by atoms with E-state index in [0.717, 1.165) is 12.8 Å².